The van der Waals surface area contributed by atoms with Crippen molar-refractivity contribution in [1.29, 1.82) is 0 Å². The number of sulfonamides is 1. The van der Waals surface area contributed by atoms with Crippen LogP contribution in [0, 0.1) is 13.8 Å². The quantitative estimate of drug-likeness (QED) is 0.529. The van der Waals surface area contributed by atoms with Gasteiger partial charge in [-0.2, -0.15) is 5.10 Å². The molecule has 2 heterocycles. The zero-order valence-electron chi connectivity index (χ0n) is 17.3. The zero-order valence-corrected chi connectivity index (χ0v) is 18.1. The number of nitrogens with one attached hydrogen (secondary N) is 1. The molecule has 4 aromatic rings. The molecule has 0 saturated carbocycles. The van der Waals surface area contributed by atoms with Gasteiger partial charge in [0.25, 0.3) is 10.0 Å². The summed E-state index contributed by atoms with van der Waals surface area (Å²) in [7, 11) is 0.00151. The third kappa shape index (κ3) is 3.50. The Balaban J connectivity index is 1.83. The number of anilines is 2. The van der Waals surface area contributed by atoms with Crippen LogP contribution in [0.4, 0.5) is 11.4 Å². The molecule has 0 aliphatic carbocycles. The summed E-state index contributed by atoms with van der Waals surface area (Å²) in [5.41, 5.74) is 3.02. The highest BCUT2D eigenvalue weighted by Crippen LogP contribution is 2.31. The molecule has 0 radical (unpaired) electrons. The average molecular weight is 422 g/mol. The highest BCUT2D eigenvalue weighted by Gasteiger charge is 2.21. The Morgan fingerprint density at radius 1 is 0.967 bits per heavy atom. The standard InChI is InChI=1S/C22H23N5O2S/c1-15-14-16(2)27(24-15)22-19(10-7-13-23-22)25-30(28,29)21-12-6-8-17-18(21)9-5-11-20(17)26(3)4/h5-14,25H,1-4H3. The van der Waals surface area contributed by atoms with E-state index in [1.54, 1.807) is 35.1 Å². The smallest absolute Gasteiger partial charge is 0.262 e. The Morgan fingerprint density at radius 2 is 1.70 bits per heavy atom. The first-order chi connectivity index (χ1) is 14.3. The second-order valence-corrected chi connectivity index (χ2v) is 8.99. The van der Waals surface area contributed by atoms with Gasteiger partial charge in [0.15, 0.2) is 5.82 Å². The van der Waals surface area contributed by atoms with Gasteiger partial charge in [0.2, 0.25) is 0 Å². The summed E-state index contributed by atoms with van der Waals surface area (Å²) < 4.78 is 31.1. The third-order valence-corrected chi connectivity index (χ3v) is 6.30. The number of hydrogen-bond donors (Lipinski definition) is 1. The Morgan fingerprint density at radius 3 is 2.40 bits per heavy atom. The number of hydrogen-bond acceptors (Lipinski definition) is 5. The van der Waals surface area contributed by atoms with E-state index in [2.05, 4.69) is 14.8 Å². The van der Waals surface area contributed by atoms with Gasteiger partial charge in [-0.05, 0) is 44.2 Å². The van der Waals surface area contributed by atoms with E-state index in [1.165, 1.54) is 0 Å². The van der Waals surface area contributed by atoms with Crippen LogP contribution in [-0.4, -0.2) is 37.3 Å². The van der Waals surface area contributed by atoms with E-state index < -0.39 is 10.0 Å². The van der Waals surface area contributed by atoms with Crippen LogP contribution >= 0.6 is 0 Å². The van der Waals surface area contributed by atoms with Crippen LogP contribution in [0.1, 0.15) is 11.4 Å². The highest BCUT2D eigenvalue weighted by atomic mass is 32.2. The van der Waals surface area contributed by atoms with Gasteiger partial charge in [0, 0.05) is 42.4 Å². The van der Waals surface area contributed by atoms with Crippen molar-refractivity contribution in [3.8, 4) is 5.82 Å². The van der Waals surface area contributed by atoms with E-state index in [0.29, 0.717) is 16.9 Å². The van der Waals surface area contributed by atoms with Crippen LogP contribution in [0.15, 0.2) is 65.7 Å². The molecule has 4 rings (SSSR count). The van der Waals surface area contributed by atoms with Gasteiger partial charge >= 0.3 is 0 Å². The number of rotatable bonds is 5. The Hall–Kier alpha value is -3.39. The number of aryl methyl sites for hydroxylation is 2. The summed E-state index contributed by atoms with van der Waals surface area (Å²) in [6, 6.07) is 16.2. The molecule has 0 spiro atoms. The molecule has 0 aliphatic rings. The fraction of sp³-hybridized carbons (Fsp3) is 0.182. The van der Waals surface area contributed by atoms with E-state index in [9.17, 15) is 8.42 Å². The number of aromatic nitrogens is 3. The van der Waals surface area contributed by atoms with Crippen LogP contribution in [0.5, 0.6) is 0 Å². The van der Waals surface area contributed by atoms with Crippen molar-refractivity contribution in [2.45, 2.75) is 18.7 Å². The van der Waals surface area contributed by atoms with Crippen molar-refractivity contribution in [3.05, 3.63) is 72.2 Å². The summed E-state index contributed by atoms with van der Waals surface area (Å²) in [5, 5.41) is 5.97. The van der Waals surface area contributed by atoms with E-state index >= 15 is 0 Å². The molecule has 154 valence electrons. The summed E-state index contributed by atoms with van der Waals surface area (Å²) in [5.74, 6) is 0.431. The Bertz CT molecular complexity index is 1340. The van der Waals surface area contributed by atoms with Gasteiger partial charge in [0.1, 0.15) is 0 Å². The Kier molecular flexibility index (Phi) is 4.95. The topological polar surface area (TPSA) is 80.1 Å². The lowest BCUT2D eigenvalue weighted by molar-refractivity contribution is 0.602. The van der Waals surface area contributed by atoms with Crippen molar-refractivity contribution >= 4 is 32.2 Å². The van der Waals surface area contributed by atoms with Crippen LogP contribution < -0.4 is 9.62 Å². The maximum absolute atomic E-state index is 13.4. The first-order valence-electron chi connectivity index (χ1n) is 9.48. The van der Waals surface area contributed by atoms with E-state index in [-0.39, 0.29) is 4.90 Å². The van der Waals surface area contributed by atoms with Gasteiger partial charge in [-0.25, -0.2) is 18.1 Å². The molecule has 0 saturated heterocycles. The number of pyridine rings is 1. The van der Waals surface area contributed by atoms with Crippen LogP contribution in [0.25, 0.3) is 16.6 Å². The second kappa shape index (κ2) is 7.46. The minimum absolute atomic E-state index is 0.215. The van der Waals surface area contributed by atoms with Crippen LogP contribution in [0.2, 0.25) is 0 Å². The SMILES string of the molecule is Cc1cc(C)n(-c2ncccc2NS(=O)(=O)c2cccc3c(N(C)C)cccc23)n1. The lowest BCUT2D eigenvalue weighted by Crippen LogP contribution is -2.17. The average Bonchev–Trinajstić information content (AvgIpc) is 3.04. The largest absolute Gasteiger partial charge is 0.377 e. The molecule has 0 atom stereocenters. The first-order valence-corrected chi connectivity index (χ1v) is 11.0. The molecule has 2 aromatic heterocycles. The molecule has 0 fully saturated rings. The summed E-state index contributed by atoms with van der Waals surface area (Å²) in [4.78, 5) is 6.55. The molecular weight excluding hydrogens is 398 g/mol. The van der Waals surface area contributed by atoms with Crippen LogP contribution in [0.3, 0.4) is 0 Å². The number of nitrogens with zero attached hydrogens (tertiary/aromatic N) is 4. The van der Waals surface area contributed by atoms with Gasteiger partial charge in [-0.1, -0.05) is 24.3 Å². The molecule has 1 N–H and O–H groups in total. The zero-order chi connectivity index (χ0) is 21.5. The van der Waals surface area contributed by atoms with E-state index in [0.717, 1.165) is 22.5 Å². The molecule has 8 heteroatoms. The molecule has 2 aromatic carbocycles. The predicted molar refractivity (Wildman–Crippen MR) is 120 cm³/mol. The fourth-order valence-electron chi connectivity index (χ4n) is 3.58. The van der Waals surface area contributed by atoms with Crippen molar-refractivity contribution < 1.29 is 8.42 Å². The third-order valence-electron chi connectivity index (χ3n) is 4.87. The molecule has 0 bridgehead atoms. The van der Waals surface area contributed by atoms with Crippen molar-refractivity contribution in [3.63, 3.8) is 0 Å². The van der Waals surface area contributed by atoms with Gasteiger partial charge in [-0.3, -0.25) is 4.72 Å². The lowest BCUT2D eigenvalue weighted by atomic mass is 10.1. The molecule has 0 aliphatic heterocycles. The monoisotopic (exact) mass is 421 g/mol. The molecule has 0 unspecified atom stereocenters. The van der Waals surface area contributed by atoms with E-state index in [1.807, 2.05) is 63.2 Å². The van der Waals surface area contributed by atoms with E-state index in [4.69, 9.17) is 0 Å². The molecule has 0 amide bonds. The van der Waals surface area contributed by atoms with Gasteiger partial charge < -0.3 is 4.90 Å². The Labute approximate surface area is 176 Å². The minimum atomic E-state index is -3.87. The van der Waals surface area contributed by atoms with Gasteiger partial charge in [0.05, 0.1) is 16.3 Å². The predicted octanol–water partition coefficient (Wildman–Crippen LogP) is 3.90. The minimum Gasteiger partial charge on any atom is -0.377 e. The number of benzene rings is 2. The summed E-state index contributed by atoms with van der Waals surface area (Å²) >= 11 is 0. The van der Waals surface area contributed by atoms with Crippen molar-refractivity contribution in [1.82, 2.24) is 14.8 Å². The maximum Gasteiger partial charge on any atom is 0.262 e. The second-order valence-electron chi connectivity index (χ2n) is 7.34. The summed E-state index contributed by atoms with van der Waals surface area (Å²) in [6.07, 6.45) is 1.62. The van der Waals surface area contributed by atoms with Crippen molar-refractivity contribution in [2.24, 2.45) is 0 Å². The highest BCUT2D eigenvalue weighted by molar-refractivity contribution is 7.93. The molecular formula is C22H23N5O2S. The van der Waals surface area contributed by atoms with Crippen LogP contribution in [-0.2, 0) is 10.0 Å². The first kappa shape index (κ1) is 19.9. The fourth-order valence-corrected chi connectivity index (χ4v) is 4.86. The normalized spacial score (nSPS) is 11.6. The van der Waals surface area contributed by atoms with Crippen molar-refractivity contribution in [2.75, 3.05) is 23.7 Å². The molecule has 7 nitrogen and oxygen atoms in total. The van der Waals surface area contributed by atoms with Gasteiger partial charge in [-0.15, -0.1) is 0 Å². The summed E-state index contributed by atoms with van der Waals surface area (Å²) in [6.45, 7) is 3.79. The maximum atomic E-state index is 13.4. The molecule has 30 heavy (non-hydrogen) atoms. The number of fused-ring (bicyclic) bond motifs is 1. The lowest BCUT2D eigenvalue weighted by Gasteiger charge is -2.18.